The lowest BCUT2D eigenvalue weighted by atomic mass is 9.96. The van der Waals surface area contributed by atoms with Crippen molar-refractivity contribution in [2.45, 2.75) is 24.9 Å². The Labute approximate surface area is 136 Å². The lowest BCUT2D eigenvalue weighted by Crippen LogP contribution is -2.40. The van der Waals surface area contributed by atoms with Gasteiger partial charge >= 0.3 is 0 Å². The first-order valence-corrected chi connectivity index (χ1v) is 7.91. The highest BCUT2D eigenvalue weighted by molar-refractivity contribution is 5.78. The number of benzene rings is 1. The molecule has 6 heteroatoms. The number of likely N-dealkylation sites (tertiary alicyclic amines) is 1. The highest BCUT2D eigenvalue weighted by Gasteiger charge is 2.32. The first-order chi connectivity index (χ1) is 10.9. The fraction of sp³-hybridized carbons (Fsp3) is 0.588. The van der Waals surface area contributed by atoms with Crippen LogP contribution in [0, 0.1) is 5.82 Å². The molecule has 0 bridgehead atoms. The summed E-state index contributed by atoms with van der Waals surface area (Å²) in [7, 11) is 3.73. The molecule has 1 N–H and O–H groups in total. The molecule has 0 saturated carbocycles. The summed E-state index contributed by atoms with van der Waals surface area (Å²) in [5.74, 6) is 0.295. The molecule has 1 aromatic carbocycles. The van der Waals surface area contributed by atoms with Gasteiger partial charge in [0.25, 0.3) is 0 Å². The van der Waals surface area contributed by atoms with Crippen LogP contribution in [0.15, 0.2) is 24.3 Å². The van der Waals surface area contributed by atoms with Gasteiger partial charge in [-0.15, -0.1) is 0 Å². The maximum Gasteiger partial charge on any atom is 0.236 e. The standard InChI is InChI=1S/C17H25FN2O3/c1-19(2)12-16(21)20-10-3-8-17(22,9-11-20)13-23-15-6-4-14(18)5-7-15/h4-7,22H,3,8-13H2,1-2H3. The molecule has 1 amide bonds. The Morgan fingerprint density at radius 2 is 2.00 bits per heavy atom. The normalized spacial score (nSPS) is 22.0. The van der Waals surface area contributed by atoms with Crippen LogP contribution in [0.25, 0.3) is 0 Å². The van der Waals surface area contributed by atoms with Gasteiger partial charge in [-0.05, 0) is 57.6 Å². The first kappa shape index (κ1) is 17.7. The monoisotopic (exact) mass is 324 g/mol. The maximum atomic E-state index is 12.9. The van der Waals surface area contributed by atoms with E-state index in [2.05, 4.69) is 0 Å². The van der Waals surface area contributed by atoms with Crippen molar-refractivity contribution in [1.82, 2.24) is 9.80 Å². The van der Waals surface area contributed by atoms with Gasteiger partial charge in [-0.25, -0.2) is 4.39 Å². The van der Waals surface area contributed by atoms with Crippen molar-refractivity contribution in [2.75, 3.05) is 40.3 Å². The summed E-state index contributed by atoms with van der Waals surface area (Å²) in [5, 5.41) is 10.7. The molecule has 1 heterocycles. The quantitative estimate of drug-likeness (QED) is 0.892. The molecule has 5 nitrogen and oxygen atoms in total. The number of aliphatic hydroxyl groups is 1. The highest BCUT2D eigenvalue weighted by atomic mass is 19.1. The van der Waals surface area contributed by atoms with Gasteiger partial charge in [0.05, 0.1) is 6.54 Å². The van der Waals surface area contributed by atoms with Crippen molar-refractivity contribution in [2.24, 2.45) is 0 Å². The molecule has 1 saturated heterocycles. The Hall–Kier alpha value is -1.66. The third-order valence-electron chi connectivity index (χ3n) is 4.04. The van der Waals surface area contributed by atoms with Gasteiger partial charge in [0.2, 0.25) is 5.91 Å². The van der Waals surface area contributed by atoms with Gasteiger partial charge in [-0.3, -0.25) is 4.79 Å². The van der Waals surface area contributed by atoms with E-state index in [0.717, 1.165) is 6.42 Å². The van der Waals surface area contributed by atoms with Crippen LogP contribution in [0.5, 0.6) is 5.75 Å². The van der Waals surface area contributed by atoms with Crippen LogP contribution >= 0.6 is 0 Å². The van der Waals surface area contributed by atoms with Crippen LogP contribution in [0.3, 0.4) is 0 Å². The summed E-state index contributed by atoms with van der Waals surface area (Å²) in [6.07, 6.45) is 1.80. The van der Waals surface area contributed by atoms with Crippen molar-refractivity contribution < 1.29 is 19.0 Å². The lowest BCUT2D eigenvalue weighted by molar-refractivity contribution is -0.132. The van der Waals surface area contributed by atoms with Crippen LogP contribution in [-0.2, 0) is 4.79 Å². The lowest BCUT2D eigenvalue weighted by Gasteiger charge is -2.27. The number of rotatable bonds is 5. The number of hydrogen-bond donors (Lipinski definition) is 1. The minimum Gasteiger partial charge on any atom is -0.491 e. The number of carbonyl (C=O) groups is 1. The smallest absolute Gasteiger partial charge is 0.236 e. The summed E-state index contributed by atoms with van der Waals surface area (Å²) >= 11 is 0. The SMILES string of the molecule is CN(C)CC(=O)N1CCCC(O)(COc2ccc(F)cc2)CC1. The molecule has 23 heavy (non-hydrogen) atoms. The van der Waals surface area contributed by atoms with Gasteiger partial charge in [0.1, 0.15) is 23.8 Å². The maximum absolute atomic E-state index is 12.9. The number of carbonyl (C=O) groups excluding carboxylic acids is 1. The topological polar surface area (TPSA) is 53.0 Å². The molecule has 0 spiro atoms. The largest absolute Gasteiger partial charge is 0.491 e. The minimum absolute atomic E-state index is 0.0821. The molecule has 128 valence electrons. The molecule has 1 aromatic rings. The fourth-order valence-corrected chi connectivity index (χ4v) is 2.69. The van der Waals surface area contributed by atoms with Crippen molar-refractivity contribution >= 4 is 5.91 Å². The summed E-state index contributed by atoms with van der Waals surface area (Å²) in [5.41, 5.74) is -0.957. The van der Waals surface area contributed by atoms with Crippen LogP contribution < -0.4 is 4.74 Å². The number of halogens is 1. The predicted molar refractivity (Wildman–Crippen MR) is 85.8 cm³/mol. The van der Waals surface area contributed by atoms with Gasteiger partial charge < -0.3 is 19.6 Å². The number of likely N-dealkylation sites (N-methyl/N-ethyl adjacent to an activating group) is 1. The van der Waals surface area contributed by atoms with Gasteiger partial charge in [-0.1, -0.05) is 0 Å². The van der Waals surface area contributed by atoms with E-state index in [-0.39, 0.29) is 18.3 Å². The molecule has 0 aliphatic carbocycles. The van der Waals surface area contributed by atoms with E-state index in [1.54, 1.807) is 17.0 Å². The molecule has 0 radical (unpaired) electrons. The number of nitrogens with zero attached hydrogens (tertiary/aromatic N) is 2. The second-order valence-electron chi connectivity index (χ2n) is 6.44. The Morgan fingerprint density at radius 3 is 2.65 bits per heavy atom. The molecule has 1 atom stereocenters. The molecular weight excluding hydrogens is 299 g/mol. The number of hydrogen-bond acceptors (Lipinski definition) is 4. The van der Waals surface area contributed by atoms with E-state index in [1.807, 2.05) is 19.0 Å². The van der Waals surface area contributed by atoms with E-state index in [0.29, 0.717) is 38.2 Å². The zero-order valence-corrected chi connectivity index (χ0v) is 13.8. The Balaban J connectivity index is 1.87. The van der Waals surface area contributed by atoms with Crippen molar-refractivity contribution in [1.29, 1.82) is 0 Å². The second kappa shape index (κ2) is 7.75. The second-order valence-corrected chi connectivity index (χ2v) is 6.44. The van der Waals surface area contributed by atoms with Crippen molar-refractivity contribution in [3.8, 4) is 5.75 Å². The number of ether oxygens (including phenoxy) is 1. The van der Waals surface area contributed by atoms with Crippen molar-refractivity contribution in [3.63, 3.8) is 0 Å². The van der Waals surface area contributed by atoms with E-state index in [4.69, 9.17) is 4.74 Å². The molecule has 2 rings (SSSR count). The van der Waals surface area contributed by atoms with E-state index < -0.39 is 5.60 Å². The predicted octanol–water partition coefficient (Wildman–Crippen LogP) is 1.51. The third kappa shape index (κ3) is 5.48. The molecular formula is C17H25FN2O3. The first-order valence-electron chi connectivity index (χ1n) is 7.91. The van der Waals surface area contributed by atoms with Crippen LogP contribution in [0.1, 0.15) is 19.3 Å². The Morgan fingerprint density at radius 1 is 1.30 bits per heavy atom. The summed E-state index contributed by atoms with van der Waals surface area (Å²) in [4.78, 5) is 15.8. The van der Waals surface area contributed by atoms with E-state index in [9.17, 15) is 14.3 Å². The summed E-state index contributed by atoms with van der Waals surface area (Å²) in [6, 6.07) is 5.74. The summed E-state index contributed by atoms with van der Waals surface area (Å²) in [6.45, 7) is 1.71. The molecule has 1 aliphatic heterocycles. The third-order valence-corrected chi connectivity index (χ3v) is 4.04. The van der Waals surface area contributed by atoms with Crippen LogP contribution in [0.4, 0.5) is 4.39 Å². The molecule has 1 unspecified atom stereocenters. The van der Waals surface area contributed by atoms with Gasteiger partial charge in [0.15, 0.2) is 0 Å². The highest BCUT2D eigenvalue weighted by Crippen LogP contribution is 2.24. The fourth-order valence-electron chi connectivity index (χ4n) is 2.69. The summed E-state index contributed by atoms with van der Waals surface area (Å²) < 4.78 is 18.5. The van der Waals surface area contributed by atoms with E-state index in [1.165, 1.54) is 12.1 Å². The van der Waals surface area contributed by atoms with Gasteiger partial charge in [0, 0.05) is 13.1 Å². The van der Waals surface area contributed by atoms with Crippen molar-refractivity contribution in [3.05, 3.63) is 30.1 Å². The van der Waals surface area contributed by atoms with E-state index >= 15 is 0 Å². The molecule has 1 aliphatic rings. The zero-order valence-electron chi connectivity index (χ0n) is 13.8. The molecule has 0 aromatic heterocycles. The molecule has 1 fully saturated rings. The van der Waals surface area contributed by atoms with Gasteiger partial charge in [-0.2, -0.15) is 0 Å². The van der Waals surface area contributed by atoms with Crippen LogP contribution in [-0.4, -0.2) is 66.8 Å². The average Bonchev–Trinajstić information content (AvgIpc) is 2.69. The minimum atomic E-state index is -0.957. The average molecular weight is 324 g/mol. The Kier molecular flexibility index (Phi) is 5.96. The zero-order chi connectivity index (χ0) is 16.9. The van der Waals surface area contributed by atoms with Crippen LogP contribution in [0.2, 0.25) is 0 Å². The number of amides is 1. The Bertz CT molecular complexity index is 521.